The van der Waals surface area contributed by atoms with Crippen molar-refractivity contribution >= 4 is 39.1 Å². The van der Waals surface area contributed by atoms with E-state index in [1.54, 1.807) is 11.1 Å². The molecule has 1 saturated heterocycles. The third-order valence-electron chi connectivity index (χ3n) is 4.74. The molecule has 27 heavy (non-hydrogen) atoms. The van der Waals surface area contributed by atoms with Gasteiger partial charge in [0.2, 0.25) is 5.91 Å². The molecule has 3 rings (SSSR count). The van der Waals surface area contributed by atoms with E-state index in [4.69, 9.17) is 11.6 Å². The van der Waals surface area contributed by atoms with Crippen molar-refractivity contribution < 1.29 is 13.2 Å². The molecule has 1 aromatic carbocycles. The molecule has 0 saturated carbocycles. The summed E-state index contributed by atoms with van der Waals surface area (Å²) < 4.78 is 25.4. The molecule has 1 aliphatic rings. The third-order valence-corrected chi connectivity index (χ3v) is 7.85. The minimum absolute atomic E-state index is 0.0631. The number of imidazole rings is 1. The number of thioether (sulfide) groups is 1. The van der Waals surface area contributed by atoms with Crippen LogP contribution in [0.25, 0.3) is 5.69 Å². The molecule has 1 aliphatic heterocycles. The Labute approximate surface area is 168 Å². The maximum atomic E-state index is 12.7. The molecule has 146 valence electrons. The van der Waals surface area contributed by atoms with Crippen LogP contribution in [0.1, 0.15) is 18.9 Å². The Balaban J connectivity index is 1.71. The molecule has 1 aromatic heterocycles. The molecular formula is C18H22ClN3O3S2. The van der Waals surface area contributed by atoms with Gasteiger partial charge in [0.1, 0.15) is 0 Å². The average molecular weight is 428 g/mol. The summed E-state index contributed by atoms with van der Waals surface area (Å²) in [6.07, 6.45) is 4.05. The second-order valence-corrected chi connectivity index (χ2v) is 10.1. The van der Waals surface area contributed by atoms with E-state index in [2.05, 4.69) is 4.98 Å². The normalized spacial score (nSPS) is 18.6. The van der Waals surface area contributed by atoms with Crippen LogP contribution in [0.3, 0.4) is 0 Å². The van der Waals surface area contributed by atoms with Gasteiger partial charge in [-0.05, 0) is 38.0 Å². The average Bonchev–Trinajstić information content (AvgIpc) is 3.22. The summed E-state index contributed by atoms with van der Waals surface area (Å²) >= 11 is 7.56. The van der Waals surface area contributed by atoms with Gasteiger partial charge in [-0.2, -0.15) is 0 Å². The number of halogens is 1. The van der Waals surface area contributed by atoms with Crippen LogP contribution in [0.2, 0.25) is 5.02 Å². The highest BCUT2D eigenvalue weighted by molar-refractivity contribution is 7.99. The Kier molecular flexibility index (Phi) is 6.18. The van der Waals surface area contributed by atoms with E-state index in [0.29, 0.717) is 23.1 Å². The largest absolute Gasteiger partial charge is 0.338 e. The highest BCUT2D eigenvalue weighted by Crippen LogP contribution is 2.27. The predicted octanol–water partition coefficient (Wildman–Crippen LogP) is 2.96. The standard InChI is InChI=1S/C18H22ClN3O3S2/c1-3-21(14-7-10-27(24,25)12-14)17(23)11-26-18-20-8-9-22(18)16-6-4-5-15(19)13(16)2/h4-6,8-9,14H,3,7,10-12H2,1-2H3. The summed E-state index contributed by atoms with van der Waals surface area (Å²) in [4.78, 5) is 18.7. The van der Waals surface area contributed by atoms with Gasteiger partial charge in [-0.1, -0.05) is 29.4 Å². The van der Waals surface area contributed by atoms with Crippen LogP contribution in [-0.2, 0) is 14.6 Å². The molecule has 2 heterocycles. The van der Waals surface area contributed by atoms with Gasteiger partial charge in [-0.3, -0.25) is 9.36 Å². The van der Waals surface area contributed by atoms with E-state index in [9.17, 15) is 13.2 Å². The Morgan fingerprint density at radius 2 is 2.22 bits per heavy atom. The lowest BCUT2D eigenvalue weighted by molar-refractivity contribution is -0.129. The van der Waals surface area contributed by atoms with Gasteiger partial charge in [0, 0.05) is 30.0 Å². The topological polar surface area (TPSA) is 72.3 Å². The number of carbonyl (C=O) groups excluding carboxylic acids is 1. The second kappa shape index (κ2) is 8.24. The Morgan fingerprint density at radius 3 is 2.89 bits per heavy atom. The highest BCUT2D eigenvalue weighted by Gasteiger charge is 2.33. The van der Waals surface area contributed by atoms with Crippen molar-refractivity contribution in [2.45, 2.75) is 31.5 Å². The van der Waals surface area contributed by atoms with Crippen LogP contribution < -0.4 is 0 Å². The summed E-state index contributed by atoms with van der Waals surface area (Å²) in [5, 5.41) is 1.37. The fraction of sp³-hybridized carbons (Fsp3) is 0.444. The van der Waals surface area contributed by atoms with Crippen molar-refractivity contribution in [1.29, 1.82) is 0 Å². The van der Waals surface area contributed by atoms with Crippen LogP contribution in [0, 0.1) is 6.92 Å². The number of hydrogen-bond donors (Lipinski definition) is 0. The summed E-state index contributed by atoms with van der Waals surface area (Å²) in [6, 6.07) is 5.45. The van der Waals surface area contributed by atoms with Crippen molar-refractivity contribution in [1.82, 2.24) is 14.5 Å². The molecular weight excluding hydrogens is 406 g/mol. The first kappa shape index (κ1) is 20.2. The first-order chi connectivity index (χ1) is 12.8. The zero-order valence-electron chi connectivity index (χ0n) is 15.3. The van der Waals surface area contributed by atoms with E-state index >= 15 is 0 Å². The van der Waals surface area contributed by atoms with Crippen LogP contribution in [0.15, 0.2) is 35.7 Å². The quantitative estimate of drug-likeness (QED) is 0.662. The van der Waals surface area contributed by atoms with Crippen molar-refractivity contribution in [2.75, 3.05) is 23.8 Å². The monoisotopic (exact) mass is 427 g/mol. The number of carbonyl (C=O) groups is 1. The lowest BCUT2D eigenvalue weighted by Gasteiger charge is -2.26. The fourth-order valence-corrected chi connectivity index (χ4v) is 6.06. The van der Waals surface area contributed by atoms with Crippen molar-refractivity contribution in [3.05, 3.63) is 41.2 Å². The molecule has 2 aromatic rings. The number of sulfone groups is 1. The smallest absolute Gasteiger partial charge is 0.233 e. The Morgan fingerprint density at radius 1 is 1.44 bits per heavy atom. The van der Waals surface area contributed by atoms with E-state index < -0.39 is 9.84 Å². The molecule has 0 spiro atoms. The van der Waals surface area contributed by atoms with Gasteiger partial charge in [-0.25, -0.2) is 13.4 Å². The minimum atomic E-state index is -3.02. The molecule has 1 amide bonds. The first-order valence-corrected chi connectivity index (χ1v) is 11.9. The summed E-state index contributed by atoms with van der Waals surface area (Å²) in [7, 11) is -3.02. The lowest BCUT2D eigenvalue weighted by atomic mass is 10.2. The molecule has 1 fully saturated rings. The molecule has 1 unspecified atom stereocenters. The Hall–Kier alpha value is -1.51. The summed E-state index contributed by atoms with van der Waals surface area (Å²) in [5.74, 6) is 0.365. The fourth-order valence-electron chi connectivity index (χ4n) is 3.31. The van der Waals surface area contributed by atoms with Crippen molar-refractivity contribution in [3.63, 3.8) is 0 Å². The molecule has 9 heteroatoms. The maximum absolute atomic E-state index is 12.7. The first-order valence-electron chi connectivity index (χ1n) is 8.74. The summed E-state index contributed by atoms with van der Waals surface area (Å²) in [5.41, 5.74) is 1.86. The van der Waals surface area contributed by atoms with Crippen molar-refractivity contribution in [3.8, 4) is 5.69 Å². The SMILES string of the molecule is CCN(C(=O)CSc1nccn1-c1cccc(Cl)c1C)C1CCS(=O)(=O)C1. The maximum Gasteiger partial charge on any atom is 0.233 e. The van der Waals surface area contributed by atoms with Crippen LogP contribution in [0.4, 0.5) is 0 Å². The minimum Gasteiger partial charge on any atom is -0.338 e. The number of amides is 1. The van der Waals surface area contributed by atoms with Gasteiger partial charge >= 0.3 is 0 Å². The zero-order valence-corrected chi connectivity index (χ0v) is 17.6. The Bertz CT molecular complexity index is 943. The molecule has 0 aliphatic carbocycles. The van der Waals surface area contributed by atoms with Gasteiger partial charge in [0.25, 0.3) is 0 Å². The van der Waals surface area contributed by atoms with E-state index in [1.807, 2.05) is 42.8 Å². The van der Waals surface area contributed by atoms with E-state index in [-0.39, 0.29) is 29.2 Å². The second-order valence-electron chi connectivity index (χ2n) is 6.49. The predicted molar refractivity (Wildman–Crippen MR) is 108 cm³/mol. The van der Waals surface area contributed by atoms with E-state index in [0.717, 1.165) is 11.3 Å². The summed E-state index contributed by atoms with van der Waals surface area (Å²) in [6.45, 7) is 4.32. The number of hydrogen-bond acceptors (Lipinski definition) is 5. The molecule has 0 radical (unpaired) electrons. The number of aromatic nitrogens is 2. The third kappa shape index (κ3) is 4.50. The van der Waals surface area contributed by atoms with Gasteiger partial charge in [0.15, 0.2) is 15.0 Å². The van der Waals surface area contributed by atoms with Crippen LogP contribution >= 0.6 is 23.4 Å². The number of nitrogens with zero attached hydrogens (tertiary/aromatic N) is 3. The van der Waals surface area contributed by atoms with Gasteiger partial charge in [0.05, 0.1) is 22.9 Å². The van der Waals surface area contributed by atoms with Gasteiger partial charge in [-0.15, -0.1) is 0 Å². The molecule has 6 nitrogen and oxygen atoms in total. The molecule has 0 N–H and O–H groups in total. The van der Waals surface area contributed by atoms with Crippen LogP contribution in [0.5, 0.6) is 0 Å². The zero-order chi connectivity index (χ0) is 19.6. The molecule has 1 atom stereocenters. The van der Waals surface area contributed by atoms with Crippen LogP contribution in [-0.4, -0.2) is 58.6 Å². The number of rotatable bonds is 6. The van der Waals surface area contributed by atoms with E-state index in [1.165, 1.54) is 11.8 Å². The molecule has 0 bridgehead atoms. The lowest BCUT2D eigenvalue weighted by Crippen LogP contribution is -2.42. The highest BCUT2D eigenvalue weighted by atomic mass is 35.5. The number of benzene rings is 1. The van der Waals surface area contributed by atoms with Crippen molar-refractivity contribution in [2.24, 2.45) is 0 Å². The van der Waals surface area contributed by atoms with Gasteiger partial charge < -0.3 is 4.90 Å².